The summed E-state index contributed by atoms with van der Waals surface area (Å²) in [7, 11) is 0. The minimum absolute atomic E-state index is 0.0273. The Morgan fingerprint density at radius 2 is 1.94 bits per heavy atom. The molecule has 0 saturated carbocycles. The molecule has 1 aromatic carbocycles. The normalized spacial score (nSPS) is 12.2. The van der Waals surface area contributed by atoms with Crippen LogP contribution in [0.5, 0.6) is 5.88 Å². The number of ether oxygens (including phenoxy) is 2. The Bertz CT molecular complexity index is 1260. The Morgan fingerprint density at radius 1 is 1.12 bits per heavy atom. The molecule has 0 aliphatic heterocycles. The zero-order valence-corrected chi connectivity index (χ0v) is 19.2. The van der Waals surface area contributed by atoms with E-state index in [1.165, 1.54) is 6.33 Å². The molecule has 0 bridgehead atoms. The number of amides is 1. The lowest BCUT2D eigenvalue weighted by atomic mass is 10.3. The molecule has 0 saturated heterocycles. The van der Waals surface area contributed by atoms with Crippen molar-refractivity contribution in [1.29, 1.82) is 0 Å². The van der Waals surface area contributed by atoms with E-state index in [0.29, 0.717) is 27.6 Å². The highest BCUT2D eigenvalue weighted by atomic mass is 35.5. The molecule has 1 atom stereocenters. The van der Waals surface area contributed by atoms with Crippen LogP contribution >= 0.6 is 11.6 Å². The van der Waals surface area contributed by atoms with Crippen LogP contribution in [0.3, 0.4) is 0 Å². The quantitative estimate of drug-likeness (QED) is 0.418. The van der Waals surface area contributed by atoms with Gasteiger partial charge in [0.05, 0.1) is 29.6 Å². The number of nitrogens with one attached hydrogen (secondary N) is 1. The third kappa shape index (κ3) is 5.27. The van der Waals surface area contributed by atoms with Crippen LogP contribution in [0.15, 0.2) is 55.1 Å². The fourth-order valence-corrected chi connectivity index (χ4v) is 3.26. The number of aromatic nitrogens is 5. The number of fused-ring (bicyclic) bond motifs is 1. The van der Waals surface area contributed by atoms with Gasteiger partial charge in [0, 0.05) is 6.20 Å². The molecule has 9 nitrogen and oxygen atoms in total. The first kappa shape index (κ1) is 22.6. The molecule has 0 fully saturated rings. The molecule has 1 N–H and O–H groups in total. The molecule has 33 heavy (non-hydrogen) atoms. The van der Waals surface area contributed by atoms with Gasteiger partial charge in [-0.2, -0.15) is 5.10 Å². The van der Waals surface area contributed by atoms with Gasteiger partial charge in [0.15, 0.2) is 5.65 Å². The lowest BCUT2D eigenvalue weighted by Crippen LogP contribution is -2.38. The molecule has 170 valence electrons. The third-order valence-corrected chi connectivity index (χ3v) is 5.02. The summed E-state index contributed by atoms with van der Waals surface area (Å²) in [6.45, 7) is 5.71. The molecule has 4 rings (SSSR count). The smallest absolute Gasteiger partial charge is 0.269 e. The maximum atomic E-state index is 13.0. The topological polar surface area (TPSA) is 104 Å². The van der Waals surface area contributed by atoms with Crippen molar-refractivity contribution >= 4 is 34.4 Å². The summed E-state index contributed by atoms with van der Waals surface area (Å²) in [4.78, 5) is 25.8. The summed E-state index contributed by atoms with van der Waals surface area (Å²) >= 11 is 6.33. The summed E-state index contributed by atoms with van der Waals surface area (Å²) < 4.78 is 13.3. The van der Waals surface area contributed by atoms with Crippen LogP contribution in [0.25, 0.3) is 16.7 Å². The maximum Gasteiger partial charge on any atom is 0.269 e. The van der Waals surface area contributed by atoms with E-state index in [0.717, 1.165) is 5.56 Å². The second kappa shape index (κ2) is 9.93. The number of benzene rings is 1. The maximum absolute atomic E-state index is 13.0. The van der Waals surface area contributed by atoms with Gasteiger partial charge in [0.25, 0.3) is 5.91 Å². The number of para-hydroxylation sites is 1. The summed E-state index contributed by atoms with van der Waals surface area (Å²) in [6, 6.07) is 10.9. The first-order valence-electron chi connectivity index (χ1n) is 10.4. The highest BCUT2D eigenvalue weighted by molar-refractivity contribution is 6.32. The van der Waals surface area contributed by atoms with Gasteiger partial charge in [0.1, 0.15) is 17.5 Å². The molecule has 0 unspecified atom stereocenters. The van der Waals surface area contributed by atoms with Crippen molar-refractivity contribution in [3.8, 4) is 11.6 Å². The molecule has 3 aromatic heterocycles. The fraction of sp³-hybridized carbons (Fsp3) is 0.261. The first-order chi connectivity index (χ1) is 15.9. The number of halogens is 1. The Labute approximate surface area is 195 Å². The van der Waals surface area contributed by atoms with Gasteiger partial charge in [0.2, 0.25) is 12.0 Å². The minimum Gasteiger partial charge on any atom is -0.461 e. The van der Waals surface area contributed by atoms with Crippen molar-refractivity contribution in [2.24, 2.45) is 0 Å². The Kier molecular flexibility index (Phi) is 6.81. The van der Waals surface area contributed by atoms with Gasteiger partial charge in [-0.3, -0.25) is 4.79 Å². The molecule has 1 amide bonds. The fourth-order valence-electron chi connectivity index (χ4n) is 3.04. The van der Waals surface area contributed by atoms with E-state index in [9.17, 15) is 4.79 Å². The standard InChI is InChI=1S/C23H23ClN6O3/c1-14(2)32-12-19(22(31)29-20-9-8-15(3)10-25-20)33-23-16-11-28-30(21(16)26-13-27-23)18-7-5-4-6-17(18)24/h4-11,13-14,19H,12H2,1-3H3,(H,25,29,31)/t19-/m0/s1. The second-order valence-corrected chi connectivity index (χ2v) is 8.03. The Hall–Kier alpha value is -3.56. The van der Waals surface area contributed by atoms with Crippen LogP contribution < -0.4 is 10.1 Å². The number of anilines is 1. The van der Waals surface area contributed by atoms with Crippen molar-refractivity contribution in [3.63, 3.8) is 0 Å². The van der Waals surface area contributed by atoms with Gasteiger partial charge < -0.3 is 14.8 Å². The predicted molar refractivity (Wildman–Crippen MR) is 125 cm³/mol. The van der Waals surface area contributed by atoms with E-state index in [1.807, 2.05) is 45.0 Å². The summed E-state index contributed by atoms with van der Waals surface area (Å²) in [6.07, 6.45) is 3.54. The average Bonchev–Trinajstić information content (AvgIpc) is 3.23. The average molecular weight is 467 g/mol. The van der Waals surface area contributed by atoms with Crippen LogP contribution in [0.1, 0.15) is 19.4 Å². The number of carbonyl (C=O) groups excluding carboxylic acids is 1. The first-order valence-corrected chi connectivity index (χ1v) is 10.8. The van der Waals surface area contributed by atoms with Crippen molar-refractivity contribution < 1.29 is 14.3 Å². The SMILES string of the molecule is Cc1ccc(NC(=O)[C@H](COC(C)C)Oc2ncnc3c2cnn3-c2ccccc2Cl)nc1. The third-order valence-electron chi connectivity index (χ3n) is 4.70. The van der Waals surface area contributed by atoms with Crippen LogP contribution in [-0.4, -0.2) is 49.5 Å². The van der Waals surface area contributed by atoms with Crippen LogP contribution in [0.4, 0.5) is 5.82 Å². The van der Waals surface area contributed by atoms with Gasteiger partial charge in [-0.1, -0.05) is 29.8 Å². The summed E-state index contributed by atoms with van der Waals surface area (Å²) in [5.74, 6) is 0.225. The van der Waals surface area contributed by atoms with Gasteiger partial charge in [-0.05, 0) is 44.5 Å². The molecule has 0 radical (unpaired) electrons. The zero-order valence-electron chi connectivity index (χ0n) is 18.4. The van der Waals surface area contributed by atoms with E-state index >= 15 is 0 Å². The van der Waals surface area contributed by atoms with Crippen molar-refractivity contribution in [3.05, 3.63) is 65.7 Å². The Balaban J connectivity index is 1.62. The molecule has 10 heteroatoms. The molecule has 3 heterocycles. The number of rotatable bonds is 8. The van der Waals surface area contributed by atoms with Crippen molar-refractivity contribution in [2.75, 3.05) is 11.9 Å². The highest BCUT2D eigenvalue weighted by Crippen LogP contribution is 2.27. The van der Waals surface area contributed by atoms with Crippen molar-refractivity contribution in [2.45, 2.75) is 33.0 Å². The van der Waals surface area contributed by atoms with E-state index in [1.54, 1.807) is 29.2 Å². The lowest BCUT2D eigenvalue weighted by Gasteiger charge is -2.19. The minimum atomic E-state index is -0.975. The van der Waals surface area contributed by atoms with Gasteiger partial charge in [-0.15, -0.1) is 0 Å². The lowest BCUT2D eigenvalue weighted by molar-refractivity contribution is -0.126. The predicted octanol–water partition coefficient (Wildman–Crippen LogP) is 3.98. The number of nitrogens with zero attached hydrogens (tertiary/aromatic N) is 5. The van der Waals surface area contributed by atoms with Crippen LogP contribution in [0.2, 0.25) is 5.02 Å². The molecule has 0 aliphatic rings. The Morgan fingerprint density at radius 3 is 2.67 bits per heavy atom. The number of aryl methyl sites for hydroxylation is 1. The number of hydrogen-bond donors (Lipinski definition) is 1. The summed E-state index contributed by atoms with van der Waals surface area (Å²) in [5, 5.41) is 8.22. The van der Waals surface area contributed by atoms with Crippen molar-refractivity contribution in [1.82, 2.24) is 24.7 Å². The monoisotopic (exact) mass is 466 g/mol. The second-order valence-electron chi connectivity index (χ2n) is 7.62. The summed E-state index contributed by atoms with van der Waals surface area (Å²) in [5.41, 5.74) is 2.15. The van der Waals surface area contributed by atoms with Gasteiger partial charge >= 0.3 is 0 Å². The van der Waals surface area contributed by atoms with E-state index in [4.69, 9.17) is 21.1 Å². The van der Waals surface area contributed by atoms with Crippen LogP contribution in [-0.2, 0) is 9.53 Å². The largest absolute Gasteiger partial charge is 0.461 e. The number of carbonyl (C=O) groups is 1. The molecule has 4 aromatic rings. The van der Waals surface area contributed by atoms with E-state index < -0.39 is 12.0 Å². The molecular weight excluding hydrogens is 444 g/mol. The van der Waals surface area contributed by atoms with Gasteiger partial charge in [-0.25, -0.2) is 19.6 Å². The molecule has 0 aliphatic carbocycles. The van der Waals surface area contributed by atoms with E-state index in [-0.39, 0.29) is 18.6 Å². The zero-order chi connectivity index (χ0) is 23.4. The molecular formula is C23H23ClN6O3. The number of hydrogen-bond acceptors (Lipinski definition) is 7. The van der Waals surface area contributed by atoms with E-state index in [2.05, 4.69) is 25.4 Å². The molecule has 0 spiro atoms. The van der Waals surface area contributed by atoms with Crippen LogP contribution in [0, 0.1) is 6.92 Å². The number of pyridine rings is 1. The highest BCUT2D eigenvalue weighted by Gasteiger charge is 2.25.